The molecule has 0 saturated carbocycles. The first-order chi connectivity index (χ1) is 7.49. The first-order valence-electron chi connectivity index (χ1n) is 4.99. The molecule has 0 aromatic heterocycles. The summed E-state index contributed by atoms with van der Waals surface area (Å²) in [6.45, 7) is 1.69. The number of halogens is 1. The highest BCUT2D eigenvalue weighted by Gasteiger charge is 2.14. The van der Waals surface area contributed by atoms with E-state index < -0.39 is 11.8 Å². The van der Waals surface area contributed by atoms with Crippen molar-refractivity contribution in [3.63, 3.8) is 0 Å². The van der Waals surface area contributed by atoms with Gasteiger partial charge in [0, 0.05) is 18.4 Å². The smallest absolute Gasteiger partial charge is 0.303 e. The van der Waals surface area contributed by atoms with Crippen LogP contribution in [-0.4, -0.2) is 16.9 Å². The Balaban J connectivity index is 2.62. The SMILES string of the molecule is C[C@H](CC(=O)O)CC(=O)c1cccc(F)c1. The van der Waals surface area contributed by atoms with E-state index in [-0.39, 0.29) is 30.1 Å². The fourth-order valence-electron chi connectivity index (χ4n) is 1.47. The molecule has 1 atom stereocenters. The van der Waals surface area contributed by atoms with E-state index in [1.165, 1.54) is 18.2 Å². The van der Waals surface area contributed by atoms with E-state index in [1.807, 2.05) is 0 Å². The van der Waals surface area contributed by atoms with E-state index in [0.717, 1.165) is 6.07 Å². The maximum Gasteiger partial charge on any atom is 0.303 e. The lowest BCUT2D eigenvalue weighted by Gasteiger charge is -2.07. The summed E-state index contributed by atoms with van der Waals surface area (Å²) in [5, 5.41) is 8.54. The van der Waals surface area contributed by atoms with Crippen LogP contribution in [0.25, 0.3) is 0 Å². The van der Waals surface area contributed by atoms with Gasteiger partial charge < -0.3 is 5.11 Å². The molecular formula is C12H13FO3. The number of hydrogen-bond donors (Lipinski definition) is 1. The summed E-state index contributed by atoms with van der Waals surface area (Å²) in [4.78, 5) is 22.0. The van der Waals surface area contributed by atoms with Crippen molar-refractivity contribution in [2.45, 2.75) is 19.8 Å². The number of carbonyl (C=O) groups excluding carboxylic acids is 1. The van der Waals surface area contributed by atoms with Crippen molar-refractivity contribution >= 4 is 11.8 Å². The van der Waals surface area contributed by atoms with E-state index in [9.17, 15) is 14.0 Å². The lowest BCUT2D eigenvalue weighted by Crippen LogP contribution is -2.10. The van der Waals surface area contributed by atoms with Crippen molar-refractivity contribution < 1.29 is 19.1 Å². The Morgan fingerprint density at radius 1 is 1.38 bits per heavy atom. The van der Waals surface area contributed by atoms with Crippen LogP contribution in [0.2, 0.25) is 0 Å². The van der Waals surface area contributed by atoms with Gasteiger partial charge in [-0.1, -0.05) is 19.1 Å². The summed E-state index contributed by atoms with van der Waals surface area (Å²) in [6, 6.07) is 5.41. The van der Waals surface area contributed by atoms with Crippen LogP contribution < -0.4 is 0 Å². The number of aliphatic carboxylic acids is 1. The van der Waals surface area contributed by atoms with Gasteiger partial charge in [0.1, 0.15) is 5.82 Å². The Kier molecular flexibility index (Phi) is 4.17. The third kappa shape index (κ3) is 3.81. The molecule has 4 heteroatoms. The molecule has 0 saturated heterocycles. The fourth-order valence-corrected chi connectivity index (χ4v) is 1.47. The summed E-state index contributed by atoms with van der Waals surface area (Å²) in [5.41, 5.74) is 0.289. The zero-order valence-corrected chi connectivity index (χ0v) is 8.94. The van der Waals surface area contributed by atoms with Gasteiger partial charge in [0.15, 0.2) is 5.78 Å². The predicted octanol–water partition coefficient (Wildman–Crippen LogP) is 2.51. The molecule has 0 aliphatic carbocycles. The van der Waals surface area contributed by atoms with E-state index in [2.05, 4.69) is 0 Å². The highest BCUT2D eigenvalue weighted by atomic mass is 19.1. The highest BCUT2D eigenvalue weighted by molar-refractivity contribution is 5.96. The molecule has 0 bridgehead atoms. The van der Waals surface area contributed by atoms with Gasteiger partial charge in [-0.25, -0.2) is 4.39 Å². The quantitative estimate of drug-likeness (QED) is 0.782. The number of Topliss-reactive ketones (excluding diaryl/α,β-unsaturated/α-hetero) is 1. The Morgan fingerprint density at radius 2 is 2.06 bits per heavy atom. The van der Waals surface area contributed by atoms with Crippen LogP contribution in [-0.2, 0) is 4.79 Å². The molecule has 1 N–H and O–H groups in total. The van der Waals surface area contributed by atoms with Crippen molar-refractivity contribution in [1.82, 2.24) is 0 Å². The molecule has 16 heavy (non-hydrogen) atoms. The van der Waals surface area contributed by atoms with E-state index >= 15 is 0 Å². The van der Waals surface area contributed by atoms with E-state index in [1.54, 1.807) is 6.92 Å². The Hall–Kier alpha value is -1.71. The second kappa shape index (κ2) is 5.39. The summed E-state index contributed by atoms with van der Waals surface area (Å²) in [6.07, 6.45) is 0.0663. The number of benzene rings is 1. The van der Waals surface area contributed by atoms with Crippen molar-refractivity contribution in [3.05, 3.63) is 35.6 Å². The number of carbonyl (C=O) groups is 2. The van der Waals surface area contributed by atoms with Crippen LogP contribution in [0.15, 0.2) is 24.3 Å². The lowest BCUT2D eigenvalue weighted by atomic mass is 9.97. The van der Waals surface area contributed by atoms with Gasteiger partial charge in [0.2, 0.25) is 0 Å². The molecule has 0 spiro atoms. The van der Waals surface area contributed by atoms with Crippen LogP contribution in [0, 0.1) is 11.7 Å². The number of carboxylic acids is 1. The molecule has 0 amide bonds. The van der Waals surface area contributed by atoms with Crippen LogP contribution in [0.3, 0.4) is 0 Å². The van der Waals surface area contributed by atoms with Crippen molar-refractivity contribution in [2.75, 3.05) is 0 Å². The third-order valence-corrected chi connectivity index (χ3v) is 2.20. The van der Waals surface area contributed by atoms with Crippen LogP contribution >= 0.6 is 0 Å². The Bertz CT molecular complexity index is 401. The van der Waals surface area contributed by atoms with Crippen LogP contribution in [0.4, 0.5) is 4.39 Å². The molecule has 1 aromatic carbocycles. The maximum atomic E-state index is 12.8. The zero-order valence-electron chi connectivity index (χ0n) is 8.94. The molecule has 0 fully saturated rings. The van der Waals surface area contributed by atoms with Gasteiger partial charge >= 0.3 is 5.97 Å². The molecular weight excluding hydrogens is 211 g/mol. The molecule has 0 radical (unpaired) electrons. The summed E-state index contributed by atoms with van der Waals surface area (Å²) < 4.78 is 12.8. The van der Waals surface area contributed by atoms with Crippen LogP contribution in [0.1, 0.15) is 30.1 Å². The fraction of sp³-hybridized carbons (Fsp3) is 0.333. The monoisotopic (exact) mass is 224 g/mol. The van der Waals surface area contributed by atoms with E-state index in [0.29, 0.717) is 0 Å². The minimum Gasteiger partial charge on any atom is -0.481 e. The minimum atomic E-state index is -0.931. The molecule has 0 unspecified atom stereocenters. The highest BCUT2D eigenvalue weighted by Crippen LogP contribution is 2.13. The van der Waals surface area contributed by atoms with Gasteiger partial charge in [-0.05, 0) is 18.1 Å². The molecule has 86 valence electrons. The maximum absolute atomic E-state index is 12.8. The van der Waals surface area contributed by atoms with Crippen molar-refractivity contribution in [3.8, 4) is 0 Å². The Morgan fingerprint density at radius 3 is 2.62 bits per heavy atom. The number of rotatable bonds is 5. The molecule has 0 aliphatic rings. The average Bonchev–Trinajstić information content (AvgIpc) is 2.16. The first-order valence-corrected chi connectivity index (χ1v) is 4.99. The summed E-state index contributed by atoms with van der Waals surface area (Å²) in [7, 11) is 0. The van der Waals surface area contributed by atoms with Gasteiger partial charge in [-0.15, -0.1) is 0 Å². The lowest BCUT2D eigenvalue weighted by molar-refractivity contribution is -0.137. The largest absolute Gasteiger partial charge is 0.481 e. The second-order valence-corrected chi connectivity index (χ2v) is 3.84. The number of hydrogen-bond acceptors (Lipinski definition) is 2. The number of carboxylic acid groups (broad SMARTS) is 1. The summed E-state index contributed by atoms with van der Waals surface area (Å²) >= 11 is 0. The van der Waals surface area contributed by atoms with Crippen LogP contribution in [0.5, 0.6) is 0 Å². The molecule has 1 rings (SSSR count). The van der Waals surface area contributed by atoms with Crippen molar-refractivity contribution in [1.29, 1.82) is 0 Å². The van der Waals surface area contributed by atoms with Gasteiger partial charge in [0.25, 0.3) is 0 Å². The van der Waals surface area contributed by atoms with Gasteiger partial charge in [-0.2, -0.15) is 0 Å². The minimum absolute atomic E-state index is 0.0545. The molecule has 3 nitrogen and oxygen atoms in total. The standard InChI is InChI=1S/C12H13FO3/c1-8(6-12(15)16)5-11(14)9-3-2-4-10(13)7-9/h2-4,7-8H,5-6H2,1H3,(H,15,16)/t8-/m0/s1. The first kappa shape index (κ1) is 12.4. The van der Waals surface area contributed by atoms with Crippen molar-refractivity contribution in [2.24, 2.45) is 5.92 Å². The van der Waals surface area contributed by atoms with Gasteiger partial charge in [0.05, 0.1) is 0 Å². The average molecular weight is 224 g/mol. The van der Waals surface area contributed by atoms with E-state index in [4.69, 9.17) is 5.11 Å². The third-order valence-electron chi connectivity index (χ3n) is 2.20. The second-order valence-electron chi connectivity index (χ2n) is 3.84. The molecule has 0 aliphatic heterocycles. The Labute approximate surface area is 92.9 Å². The summed E-state index contributed by atoms with van der Waals surface area (Å²) in [5.74, 6) is -1.86. The molecule has 1 aromatic rings. The zero-order chi connectivity index (χ0) is 12.1. The normalized spacial score (nSPS) is 12.1. The topological polar surface area (TPSA) is 54.4 Å². The number of ketones is 1. The van der Waals surface area contributed by atoms with Gasteiger partial charge in [-0.3, -0.25) is 9.59 Å². The molecule has 0 heterocycles. The predicted molar refractivity (Wildman–Crippen MR) is 56.8 cm³/mol.